The standard InChI is InChI=1S/C25H21ClF5N3O5/c1-13(35)18-11-33(20-6-5-16(8-17(18)20)39-25(29,30)31)12-21(36)34-10-15(27)7-22(34)38-24(37)32-9-14-3-2-4-19(26)23(14)28/h2-6,8,11,15,22H,7,9-10,12H2,1H3,(H,32,37)/t15-,22+/m1/s1. The summed E-state index contributed by atoms with van der Waals surface area (Å²) < 4.78 is 76.7. The van der Waals surface area contributed by atoms with E-state index in [2.05, 4.69) is 10.1 Å². The fraction of sp³-hybridized carbons (Fsp3) is 0.320. The van der Waals surface area contributed by atoms with Crippen LogP contribution in [-0.4, -0.2) is 52.6 Å². The van der Waals surface area contributed by atoms with E-state index < -0.39 is 54.7 Å². The summed E-state index contributed by atoms with van der Waals surface area (Å²) in [6, 6.07) is 7.56. The molecular formula is C25H21ClF5N3O5. The normalized spacial score (nSPS) is 17.4. The maximum atomic E-state index is 14.2. The second-order valence-electron chi connectivity index (χ2n) is 8.76. The zero-order chi connectivity index (χ0) is 28.5. The highest BCUT2D eigenvalue weighted by Gasteiger charge is 2.38. The van der Waals surface area contributed by atoms with E-state index in [0.29, 0.717) is 0 Å². The highest BCUT2D eigenvalue weighted by atomic mass is 35.5. The first-order chi connectivity index (χ1) is 18.3. The second-order valence-corrected chi connectivity index (χ2v) is 9.17. The molecule has 1 aliphatic rings. The van der Waals surface area contributed by atoms with Gasteiger partial charge in [0.15, 0.2) is 12.0 Å². The van der Waals surface area contributed by atoms with Gasteiger partial charge in [-0.15, -0.1) is 13.2 Å². The van der Waals surface area contributed by atoms with Gasteiger partial charge in [0.1, 0.15) is 24.3 Å². The minimum atomic E-state index is -4.94. The first-order valence-corrected chi connectivity index (χ1v) is 11.9. The van der Waals surface area contributed by atoms with Gasteiger partial charge in [-0.3, -0.25) is 9.59 Å². The summed E-state index contributed by atoms with van der Waals surface area (Å²) in [5.74, 6) is -2.40. The molecule has 0 spiro atoms. The van der Waals surface area contributed by atoms with Crippen molar-refractivity contribution in [3.8, 4) is 5.75 Å². The van der Waals surface area contributed by atoms with Crippen LogP contribution in [0.2, 0.25) is 5.02 Å². The van der Waals surface area contributed by atoms with Crippen LogP contribution in [0.25, 0.3) is 10.9 Å². The number of alkyl halides is 4. The summed E-state index contributed by atoms with van der Waals surface area (Å²) in [5.41, 5.74) is 0.403. The Morgan fingerprint density at radius 2 is 1.92 bits per heavy atom. The lowest BCUT2D eigenvalue weighted by molar-refractivity contribution is -0.274. The number of rotatable bonds is 7. The number of fused-ring (bicyclic) bond motifs is 1. The van der Waals surface area contributed by atoms with Gasteiger partial charge >= 0.3 is 12.5 Å². The molecule has 1 fully saturated rings. The molecule has 39 heavy (non-hydrogen) atoms. The Kier molecular flexibility index (Phi) is 8.00. The number of alkyl carbamates (subject to hydrolysis) is 1. The molecule has 2 atom stereocenters. The molecule has 0 aliphatic carbocycles. The Balaban J connectivity index is 1.48. The van der Waals surface area contributed by atoms with E-state index in [0.717, 1.165) is 17.0 Å². The van der Waals surface area contributed by atoms with Gasteiger partial charge in [-0.25, -0.2) is 13.6 Å². The first-order valence-electron chi connectivity index (χ1n) is 11.5. The van der Waals surface area contributed by atoms with Crippen LogP contribution in [-0.2, 0) is 22.6 Å². The highest BCUT2D eigenvalue weighted by Crippen LogP contribution is 2.30. The number of Topliss-reactive ketones (excluding diaryl/α,β-unsaturated/α-hetero) is 1. The summed E-state index contributed by atoms with van der Waals surface area (Å²) in [7, 11) is 0. The third-order valence-electron chi connectivity index (χ3n) is 5.99. The highest BCUT2D eigenvalue weighted by molar-refractivity contribution is 6.30. The number of amides is 2. The third-order valence-corrected chi connectivity index (χ3v) is 6.28. The zero-order valence-corrected chi connectivity index (χ0v) is 21.0. The van der Waals surface area contributed by atoms with Crippen LogP contribution in [0.15, 0.2) is 42.6 Å². The average Bonchev–Trinajstić information content (AvgIpc) is 3.38. The molecule has 1 N–H and O–H groups in total. The molecule has 1 aliphatic heterocycles. The quantitative estimate of drug-likeness (QED) is 0.304. The number of ether oxygens (including phenoxy) is 2. The van der Waals surface area contributed by atoms with Crippen molar-refractivity contribution in [2.24, 2.45) is 0 Å². The van der Waals surface area contributed by atoms with Crippen LogP contribution in [0.1, 0.15) is 29.3 Å². The van der Waals surface area contributed by atoms with Crippen LogP contribution < -0.4 is 10.1 Å². The number of nitrogens with zero attached hydrogens (tertiary/aromatic N) is 2. The first kappa shape index (κ1) is 28.1. The van der Waals surface area contributed by atoms with Gasteiger partial charge < -0.3 is 24.3 Å². The van der Waals surface area contributed by atoms with Crippen LogP contribution in [0, 0.1) is 5.82 Å². The molecule has 8 nitrogen and oxygen atoms in total. The van der Waals surface area contributed by atoms with Crippen molar-refractivity contribution in [2.75, 3.05) is 6.54 Å². The van der Waals surface area contributed by atoms with E-state index >= 15 is 0 Å². The van der Waals surface area contributed by atoms with Crippen molar-refractivity contribution in [2.45, 2.75) is 45.2 Å². The van der Waals surface area contributed by atoms with E-state index in [4.69, 9.17) is 16.3 Å². The van der Waals surface area contributed by atoms with Crippen LogP contribution in [0.4, 0.5) is 26.7 Å². The molecule has 2 heterocycles. The van der Waals surface area contributed by atoms with Crippen molar-refractivity contribution in [3.05, 3.63) is 64.6 Å². The predicted molar refractivity (Wildman–Crippen MR) is 128 cm³/mol. The Labute approximate surface area is 223 Å². The predicted octanol–water partition coefficient (Wildman–Crippen LogP) is 5.36. The second kappa shape index (κ2) is 11.1. The SMILES string of the molecule is CC(=O)c1cn(CC(=O)N2C[C@H](F)C[C@@H]2OC(=O)NCc2cccc(Cl)c2F)c2ccc(OC(F)(F)F)cc12. The average molecular weight is 574 g/mol. The van der Waals surface area contributed by atoms with E-state index in [1.165, 1.54) is 42.0 Å². The molecule has 0 unspecified atom stereocenters. The molecule has 14 heteroatoms. The number of likely N-dealkylation sites (tertiary alicyclic amines) is 1. The minimum Gasteiger partial charge on any atom is -0.425 e. The van der Waals surface area contributed by atoms with Gasteiger partial charge in [0.05, 0.1) is 11.6 Å². The molecule has 2 amide bonds. The fourth-order valence-electron chi connectivity index (χ4n) is 4.26. The lowest BCUT2D eigenvalue weighted by Crippen LogP contribution is -2.42. The topological polar surface area (TPSA) is 89.9 Å². The zero-order valence-electron chi connectivity index (χ0n) is 20.2. The van der Waals surface area contributed by atoms with Crippen LogP contribution in [0.3, 0.4) is 0 Å². The van der Waals surface area contributed by atoms with E-state index in [1.807, 2.05) is 0 Å². The molecular weight excluding hydrogens is 553 g/mol. The molecule has 4 rings (SSSR count). The number of hydrogen-bond donors (Lipinski definition) is 1. The Hall–Kier alpha value is -3.87. The van der Waals surface area contributed by atoms with Crippen molar-refractivity contribution in [3.63, 3.8) is 0 Å². The number of hydrogen-bond acceptors (Lipinski definition) is 5. The van der Waals surface area contributed by atoms with Crippen molar-refractivity contribution < 1.29 is 45.8 Å². The molecule has 3 aromatic rings. The van der Waals surface area contributed by atoms with E-state index in [1.54, 1.807) is 0 Å². The molecule has 2 aromatic carbocycles. The largest absolute Gasteiger partial charge is 0.573 e. The van der Waals surface area contributed by atoms with Gasteiger partial charge in [-0.1, -0.05) is 23.7 Å². The molecule has 1 aromatic heterocycles. The maximum Gasteiger partial charge on any atom is 0.573 e. The number of nitrogens with one attached hydrogen (secondary N) is 1. The summed E-state index contributed by atoms with van der Waals surface area (Å²) >= 11 is 5.71. The fourth-order valence-corrected chi connectivity index (χ4v) is 4.46. The number of carbonyl (C=O) groups excluding carboxylic acids is 3. The lowest BCUT2D eigenvalue weighted by Gasteiger charge is -2.24. The summed E-state index contributed by atoms with van der Waals surface area (Å²) in [5, 5.41) is 2.32. The van der Waals surface area contributed by atoms with Crippen molar-refractivity contribution >= 4 is 40.3 Å². The number of aromatic nitrogens is 1. The van der Waals surface area contributed by atoms with E-state index in [9.17, 15) is 36.3 Å². The summed E-state index contributed by atoms with van der Waals surface area (Å²) in [4.78, 5) is 38.5. The summed E-state index contributed by atoms with van der Waals surface area (Å²) in [6.07, 6.45) is -7.72. The van der Waals surface area contributed by atoms with Gasteiger partial charge in [0.2, 0.25) is 5.91 Å². The van der Waals surface area contributed by atoms with E-state index in [-0.39, 0.29) is 46.6 Å². The van der Waals surface area contributed by atoms with Gasteiger partial charge in [-0.05, 0) is 31.2 Å². The third kappa shape index (κ3) is 6.59. The number of carbonyl (C=O) groups is 3. The minimum absolute atomic E-state index is 0.0515. The summed E-state index contributed by atoms with van der Waals surface area (Å²) in [6.45, 7) is 0.144. The molecule has 0 saturated carbocycles. The van der Waals surface area contributed by atoms with Gasteiger partial charge in [0.25, 0.3) is 0 Å². The van der Waals surface area contributed by atoms with Crippen LogP contribution >= 0.6 is 11.6 Å². The monoisotopic (exact) mass is 573 g/mol. The Morgan fingerprint density at radius 3 is 2.62 bits per heavy atom. The van der Waals surface area contributed by atoms with Crippen LogP contribution in [0.5, 0.6) is 5.75 Å². The Morgan fingerprint density at radius 1 is 1.18 bits per heavy atom. The van der Waals surface area contributed by atoms with Crippen molar-refractivity contribution in [1.29, 1.82) is 0 Å². The molecule has 208 valence electrons. The number of ketones is 1. The van der Waals surface area contributed by atoms with Gasteiger partial charge in [-0.2, -0.15) is 0 Å². The van der Waals surface area contributed by atoms with Crippen molar-refractivity contribution in [1.82, 2.24) is 14.8 Å². The Bertz CT molecular complexity index is 1430. The number of benzene rings is 2. The number of halogens is 6. The maximum absolute atomic E-state index is 14.2. The van der Waals surface area contributed by atoms with Gasteiger partial charge in [0, 0.05) is 41.2 Å². The molecule has 0 bridgehead atoms. The smallest absolute Gasteiger partial charge is 0.425 e. The lowest BCUT2D eigenvalue weighted by atomic mass is 10.1. The molecule has 0 radical (unpaired) electrons. The molecule has 1 saturated heterocycles.